The first-order chi connectivity index (χ1) is 13.4. The monoisotopic (exact) mass is 383 g/mol. The van der Waals surface area contributed by atoms with Crippen LogP contribution in [0, 0.1) is 11.6 Å². The molecule has 2 aromatic carbocycles. The Kier molecular flexibility index (Phi) is 4.38. The van der Waals surface area contributed by atoms with E-state index in [4.69, 9.17) is 4.42 Å². The van der Waals surface area contributed by atoms with E-state index in [2.05, 4.69) is 10.3 Å². The van der Waals surface area contributed by atoms with Crippen LogP contribution in [0.25, 0.3) is 22.1 Å². The van der Waals surface area contributed by atoms with Crippen LogP contribution >= 0.6 is 0 Å². The smallest absolute Gasteiger partial charge is 0.297 e. The summed E-state index contributed by atoms with van der Waals surface area (Å²) in [5.74, 6) is -2.43. The Balaban J connectivity index is 1.56. The zero-order valence-corrected chi connectivity index (χ0v) is 14.8. The van der Waals surface area contributed by atoms with E-state index in [0.717, 1.165) is 22.1 Å². The summed E-state index contributed by atoms with van der Waals surface area (Å²) in [5, 5.41) is 3.37. The standard InChI is InChI=1S/C20H15F2N3O3/c1-11(12-6-7-14(21)15(22)8-12)24-17(26)9-25-10-23-18-13-4-2-3-5-16(13)28-19(18)20(25)27/h2-8,10-11H,9H2,1H3,(H,24,26). The van der Waals surface area contributed by atoms with E-state index in [1.165, 1.54) is 12.4 Å². The Morgan fingerprint density at radius 1 is 1.21 bits per heavy atom. The van der Waals surface area contributed by atoms with Gasteiger partial charge in [0.2, 0.25) is 11.5 Å². The normalized spacial score (nSPS) is 12.4. The van der Waals surface area contributed by atoms with E-state index < -0.39 is 29.1 Å². The largest absolute Gasteiger partial charge is 0.448 e. The fourth-order valence-corrected chi connectivity index (χ4v) is 3.03. The van der Waals surface area contributed by atoms with Crippen molar-refractivity contribution in [3.63, 3.8) is 0 Å². The van der Waals surface area contributed by atoms with Crippen LogP contribution in [0.1, 0.15) is 18.5 Å². The van der Waals surface area contributed by atoms with Crippen molar-refractivity contribution in [3.05, 3.63) is 76.3 Å². The highest BCUT2D eigenvalue weighted by Crippen LogP contribution is 2.24. The molecule has 0 fully saturated rings. The van der Waals surface area contributed by atoms with Crippen molar-refractivity contribution >= 4 is 28.0 Å². The number of para-hydroxylation sites is 1. The molecule has 8 heteroatoms. The van der Waals surface area contributed by atoms with Crippen molar-refractivity contribution in [1.29, 1.82) is 0 Å². The van der Waals surface area contributed by atoms with Gasteiger partial charge in [0.15, 0.2) is 11.6 Å². The molecule has 0 saturated heterocycles. The summed E-state index contributed by atoms with van der Waals surface area (Å²) in [5.41, 5.74) is 0.983. The van der Waals surface area contributed by atoms with Crippen molar-refractivity contribution in [2.45, 2.75) is 19.5 Å². The summed E-state index contributed by atoms with van der Waals surface area (Å²) in [6.45, 7) is 1.35. The number of hydrogen-bond donors (Lipinski definition) is 1. The number of carbonyl (C=O) groups excluding carboxylic acids is 1. The first-order valence-corrected chi connectivity index (χ1v) is 8.55. The number of nitrogens with one attached hydrogen (secondary N) is 1. The summed E-state index contributed by atoms with van der Waals surface area (Å²) < 4.78 is 33.1. The molecule has 1 amide bonds. The van der Waals surface area contributed by atoms with E-state index in [-0.39, 0.29) is 12.1 Å². The predicted molar refractivity (Wildman–Crippen MR) is 98.7 cm³/mol. The molecule has 0 aliphatic heterocycles. The molecule has 0 radical (unpaired) electrons. The zero-order chi connectivity index (χ0) is 19.8. The van der Waals surface area contributed by atoms with Gasteiger partial charge in [0.25, 0.3) is 5.56 Å². The molecule has 0 bridgehead atoms. The topological polar surface area (TPSA) is 77.1 Å². The van der Waals surface area contributed by atoms with Crippen LogP contribution in [0.3, 0.4) is 0 Å². The average Bonchev–Trinajstić information content (AvgIpc) is 3.05. The number of fused-ring (bicyclic) bond motifs is 3. The Labute approximate surface area is 157 Å². The zero-order valence-electron chi connectivity index (χ0n) is 14.8. The summed E-state index contributed by atoms with van der Waals surface area (Å²) in [4.78, 5) is 29.2. The third-order valence-corrected chi connectivity index (χ3v) is 4.49. The van der Waals surface area contributed by atoms with E-state index in [1.54, 1.807) is 25.1 Å². The van der Waals surface area contributed by atoms with Gasteiger partial charge in [0.1, 0.15) is 17.6 Å². The van der Waals surface area contributed by atoms with Gasteiger partial charge in [-0.25, -0.2) is 13.8 Å². The van der Waals surface area contributed by atoms with Gasteiger partial charge in [-0.1, -0.05) is 18.2 Å². The van der Waals surface area contributed by atoms with Gasteiger partial charge < -0.3 is 9.73 Å². The SMILES string of the molecule is CC(NC(=O)Cn1cnc2c(oc3ccccc32)c1=O)c1ccc(F)c(F)c1. The predicted octanol–water partition coefficient (Wildman–Crippen LogP) is 3.30. The van der Waals surface area contributed by atoms with Gasteiger partial charge in [-0.2, -0.15) is 0 Å². The lowest BCUT2D eigenvalue weighted by Crippen LogP contribution is -2.33. The lowest BCUT2D eigenvalue weighted by molar-refractivity contribution is -0.122. The quantitative estimate of drug-likeness (QED) is 0.587. The fourth-order valence-electron chi connectivity index (χ4n) is 3.03. The highest BCUT2D eigenvalue weighted by molar-refractivity contribution is 6.01. The van der Waals surface area contributed by atoms with Crippen LogP contribution in [-0.4, -0.2) is 15.5 Å². The van der Waals surface area contributed by atoms with E-state index in [9.17, 15) is 18.4 Å². The second-order valence-corrected chi connectivity index (χ2v) is 6.42. The Morgan fingerprint density at radius 3 is 2.79 bits per heavy atom. The molecule has 1 atom stereocenters. The molecule has 0 aliphatic carbocycles. The summed E-state index contributed by atoms with van der Waals surface area (Å²) in [7, 11) is 0. The number of aromatic nitrogens is 2. The van der Waals surface area contributed by atoms with Crippen molar-refractivity contribution in [2.24, 2.45) is 0 Å². The molecule has 0 aliphatic rings. The number of rotatable bonds is 4. The number of benzene rings is 2. The maximum absolute atomic E-state index is 13.4. The third kappa shape index (κ3) is 3.13. The maximum atomic E-state index is 13.4. The van der Waals surface area contributed by atoms with Crippen molar-refractivity contribution in [2.75, 3.05) is 0 Å². The first kappa shape index (κ1) is 17.8. The minimum absolute atomic E-state index is 0.0742. The van der Waals surface area contributed by atoms with Crippen molar-refractivity contribution < 1.29 is 18.0 Å². The van der Waals surface area contributed by atoms with Gasteiger partial charge in [-0.15, -0.1) is 0 Å². The molecule has 4 rings (SSSR count). The number of amides is 1. The maximum Gasteiger partial charge on any atom is 0.297 e. The van der Waals surface area contributed by atoms with E-state index >= 15 is 0 Å². The molecule has 4 aromatic rings. The second-order valence-electron chi connectivity index (χ2n) is 6.42. The van der Waals surface area contributed by atoms with Crippen molar-refractivity contribution in [1.82, 2.24) is 14.9 Å². The summed E-state index contributed by atoms with van der Waals surface area (Å²) in [6, 6.07) is 9.98. The minimum Gasteiger partial charge on any atom is -0.448 e. The molecule has 0 spiro atoms. The minimum atomic E-state index is -0.991. The number of furan rings is 1. The first-order valence-electron chi connectivity index (χ1n) is 8.55. The molecule has 28 heavy (non-hydrogen) atoms. The third-order valence-electron chi connectivity index (χ3n) is 4.49. The molecule has 2 heterocycles. The van der Waals surface area contributed by atoms with Gasteiger partial charge in [0.05, 0.1) is 12.4 Å². The summed E-state index contributed by atoms with van der Waals surface area (Å²) >= 11 is 0. The van der Waals surface area contributed by atoms with E-state index in [0.29, 0.717) is 16.7 Å². The Morgan fingerprint density at radius 2 is 2.00 bits per heavy atom. The van der Waals surface area contributed by atoms with Crippen LogP contribution in [-0.2, 0) is 11.3 Å². The molecule has 6 nitrogen and oxygen atoms in total. The van der Waals surface area contributed by atoms with Crippen LogP contribution in [0.4, 0.5) is 8.78 Å². The lowest BCUT2D eigenvalue weighted by Gasteiger charge is -2.15. The number of carbonyl (C=O) groups is 1. The lowest BCUT2D eigenvalue weighted by atomic mass is 10.1. The molecule has 2 aromatic heterocycles. The van der Waals surface area contributed by atoms with E-state index in [1.807, 2.05) is 6.07 Å². The molecule has 0 saturated carbocycles. The molecule has 142 valence electrons. The van der Waals surface area contributed by atoms with Crippen LogP contribution in [0.15, 0.2) is 58.0 Å². The molecule has 1 unspecified atom stereocenters. The van der Waals surface area contributed by atoms with Crippen LogP contribution in [0.2, 0.25) is 0 Å². The van der Waals surface area contributed by atoms with Gasteiger partial charge in [-0.3, -0.25) is 14.2 Å². The Bertz CT molecular complexity index is 1260. The van der Waals surface area contributed by atoms with Crippen molar-refractivity contribution in [3.8, 4) is 0 Å². The Hall–Kier alpha value is -3.55. The van der Waals surface area contributed by atoms with Crippen LogP contribution < -0.4 is 10.9 Å². The van der Waals surface area contributed by atoms with Crippen LogP contribution in [0.5, 0.6) is 0 Å². The second kappa shape index (κ2) is 6.88. The van der Waals surface area contributed by atoms with Gasteiger partial charge in [-0.05, 0) is 36.8 Å². The number of halogens is 2. The molecule has 1 N–H and O–H groups in total. The highest BCUT2D eigenvalue weighted by atomic mass is 19.2. The number of hydrogen-bond acceptors (Lipinski definition) is 4. The summed E-state index contributed by atoms with van der Waals surface area (Å²) in [6.07, 6.45) is 1.29. The molecular weight excluding hydrogens is 368 g/mol. The average molecular weight is 383 g/mol. The number of nitrogens with zero attached hydrogens (tertiary/aromatic N) is 2. The van der Waals surface area contributed by atoms with Gasteiger partial charge >= 0.3 is 0 Å². The fraction of sp³-hybridized carbons (Fsp3) is 0.150. The van der Waals surface area contributed by atoms with Gasteiger partial charge in [0, 0.05) is 5.39 Å². The molecular formula is C20H15F2N3O3. The highest BCUT2D eigenvalue weighted by Gasteiger charge is 2.16.